The molecular weight excluding hydrogens is 355 g/mol. The maximum Gasteiger partial charge on any atom is 0.422 e. The Morgan fingerprint density at radius 1 is 1.31 bits per heavy atom. The zero-order valence-electron chi connectivity index (χ0n) is 13.3. The van der Waals surface area contributed by atoms with Crippen molar-refractivity contribution in [2.24, 2.45) is 7.05 Å². The van der Waals surface area contributed by atoms with E-state index in [0.717, 1.165) is 6.07 Å². The zero-order valence-corrected chi connectivity index (χ0v) is 13.3. The molecule has 3 rings (SSSR count). The van der Waals surface area contributed by atoms with E-state index < -0.39 is 18.7 Å². The summed E-state index contributed by atoms with van der Waals surface area (Å²) in [6, 6.07) is 7.37. The van der Waals surface area contributed by atoms with Crippen molar-refractivity contribution >= 4 is 11.7 Å². The van der Waals surface area contributed by atoms with Crippen LogP contribution in [0.3, 0.4) is 0 Å². The van der Waals surface area contributed by atoms with Gasteiger partial charge in [0.1, 0.15) is 11.5 Å². The third-order valence-electron chi connectivity index (χ3n) is 3.15. The van der Waals surface area contributed by atoms with Gasteiger partial charge in [-0.3, -0.25) is 9.48 Å². The standard InChI is InChI=1S/C15H12F3N5O3/c1-23-12(7-10(22-23)11-3-2-6-25-11)19-14(24)9-4-5-13(21-20-9)26-8-15(16,17)18/h2-7H,8H2,1H3,(H,19,24). The Kier molecular flexibility index (Phi) is 4.61. The van der Waals surface area contributed by atoms with Gasteiger partial charge < -0.3 is 14.5 Å². The molecule has 0 radical (unpaired) electrons. The molecule has 0 spiro atoms. The molecule has 0 aromatic carbocycles. The lowest BCUT2D eigenvalue weighted by molar-refractivity contribution is -0.154. The van der Waals surface area contributed by atoms with Crippen LogP contribution >= 0.6 is 0 Å². The first-order valence-electron chi connectivity index (χ1n) is 7.24. The minimum Gasteiger partial charge on any atom is -0.467 e. The van der Waals surface area contributed by atoms with Gasteiger partial charge in [-0.05, 0) is 18.2 Å². The van der Waals surface area contributed by atoms with Crippen LogP contribution in [0.4, 0.5) is 19.0 Å². The SMILES string of the molecule is Cn1nc(-c2ccco2)cc1NC(=O)c1ccc(OCC(F)(F)F)nn1. The number of furan rings is 1. The molecule has 0 bridgehead atoms. The summed E-state index contributed by atoms with van der Waals surface area (Å²) in [5, 5.41) is 13.8. The fraction of sp³-hybridized carbons (Fsp3) is 0.200. The Bertz CT molecular complexity index is 888. The van der Waals surface area contributed by atoms with Crippen molar-refractivity contribution in [3.63, 3.8) is 0 Å². The first kappa shape index (κ1) is 17.5. The van der Waals surface area contributed by atoms with Crippen LogP contribution in [0.2, 0.25) is 0 Å². The minimum atomic E-state index is -4.48. The third kappa shape index (κ3) is 4.18. The maximum absolute atomic E-state index is 12.2. The van der Waals surface area contributed by atoms with Crippen LogP contribution in [0.5, 0.6) is 5.88 Å². The quantitative estimate of drug-likeness (QED) is 0.745. The number of carbonyl (C=O) groups excluding carboxylic acids is 1. The van der Waals surface area contributed by atoms with Gasteiger partial charge in [0.05, 0.1) is 6.26 Å². The lowest BCUT2D eigenvalue weighted by Crippen LogP contribution is -2.20. The van der Waals surface area contributed by atoms with Crippen LogP contribution in [-0.2, 0) is 7.05 Å². The maximum atomic E-state index is 12.2. The highest BCUT2D eigenvalue weighted by Crippen LogP contribution is 2.22. The number of anilines is 1. The van der Waals surface area contributed by atoms with E-state index in [0.29, 0.717) is 17.3 Å². The Morgan fingerprint density at radius 2 is 2.12 bits per heavy atom. The summed E-state index contributed by atoms with van der Waals surface area (Å²) in [6.07, 6.45) is -2.98. The van der Waals surface area contributed by atoms with Gasteiger partial charge in [0.2, 0.25) is 5.88 Å². The topological polar surface area (TPSA) is 95.1 Å². The molecule has 0 fully saturated rings. The highest BCUT2D eigenvalue weighted by molar-refractivity contribution is 6.02. The number of rotatable bonds is 5. The number of alkyl halides is 3. The molecule has 0 saturated carbocycles. The van der Waals surface area contributed by atoms with Crippen molar-refractivity contribution in [2.45, 2.75) is 6.18 Å². The van der Waals surface area contributed by atoms with Crippen LogP contribution in [0.25, 0.3) is 11.5 Å². The van der Waals surface area contributed by atoms with E-state index >= 15 is 0 Å². The van der Waals surface area contributed by atoms with Gasteiger partial charge in [-0.15, -0.1) is 10.2 Å². The van der Waals surface area contributed by atoms with Crippen molar-refractivity contribution in [1.82, 2.24) is 20.0 Å². The summed E-state index contributed by atoms with van der Waals surface area (Å²) < 4.78 is 47.3. The van der Waals surface area contributed by atoms with E-state index in [9.17, 15) is 18.0 Å². The molecule has 3 aromatic rings. The summed E-state index contributed by atoms with van der Waals surface area (Å²) in [7, 11) is 1.63. The highest BCUT2D eigenvalue weighted by atomic mass is 19.4. The number of ether oxygens (including phenoxy) is 1. The number of aryl methyl sites for hydroxylation is 1. The van der Waals surface area contributed by atoms with Crippen LogP contribution < -0.4 is 10.1 Å². The smallest absolute Gasteiger partial charge is 0.422 e. The predicted octanol–water partition coefficient (Wildman–Crippen LogP) is 2.66. The highest BCUT2D eigenvalue weighted by Gasteiger charge is 2.28. The molecule has 26 heavy (non-hydrogen) atoms. The number of halogens is 3. The van der Waals surface area contributed by atoms with E-state index in [1.807, 2.05) is 0 Å². The molecule has 3 aromatic heterocycles. The summed E-state index contributed by atoms with van der Waals surface area (Å²) in [6.45, 7) is -1.49. The summed E-state index contributed by atoms with van der Waals surface area (Å²) >= 11 is 0. The van der Waals surface area contributed by atoms with Crippen LogP contribution in [-0.4, -0.2) is 38.7 Å². The zero-order chi connectivity index (χ0) is 18.7. The van der Waals surface area contributed by atoms with Gasteiger partial charge in [-0.1, -0.05) is 0 Å². The number of amides is 1. The van der Waals surface area contributed by atoms with Gasteiger partial charge in [0.25, 0.3) is 5.91 Å². The second-order valence-corrected chi connectivity index (χ2v) is 5.13. The van der Waals surface area contributed by atoms with Crippen LogP contribution in [0, 0.1) is 0 Å². The minimum absolute atomic E-state index is 0.0925. The third-order valence-corrected chi connectivity index (χ3v) is 3.15. The number of nitrogens with one attached hydrogen (secondary N) is 1. The molecule has 0 saturated heterocycles. The van der Waals surface area contributed by atoms with Gasteiger partial charge in [-0.2, -0.15) is 18.3 Å². The molecule has 0 unspecified atom stereocenters. The average molecular weight is 367 g/mol. The number of carbonyl (C=O) groups is 1. The largest absolute Gasteiger partial charge is 0.467 e. The lowest BCUT2D eigenvalue weighted by Gasteiger charge is -2.08. The molecule has 0 atom stereocenters. The van der Waals surface area contributed by atoms with E-state index in [1.54, 1.807) is 25.2 Å². The molecule has 8 nitrogen and oxygen atoms in total. The van der Waals surface area contributed by atoms with Gasteiger partial charge in [0, 0.05) is 19.2 Å². The summed E-state index contributed by atoms with van der Waals surface area (Å²) in [5.74, 6) is -0.0268. The monoisotopic (exact) mass is 367 g/mol. The molecular formula is C15H12F3N5O3. The van der Waals surface area contributed by atoms with Crippen LogP contribution in [0.15, 0.2) is 41.0 Å². The first-order chi connectivity index (χ1) is 12.3. The second kappa shape index (κ2) is 6.86. The van der Waals surface area contributed by atoms with Gasteiger partial charge in [-0.25, -0.2) is 0 Å². The fourth-order valence-corrected chi connectivity index (χ4v) is 1.98. The number of hydrogen-bond acceptors (Lipinski definition) is 6. The average Bonchev–Trinajstić information content (AvgIpc) is 3.23. The van der Waals surface area contributed by atoms with Crippen molar-refractivity contribution in [3.8, 4) is 17.3 Å². The molecule has 0 aliphatic carbocycles. The van der Waals surface area contributed by atoms with Crippen molar-refractivity contribution in [1.29, 1.82) is 0 Å². The van der Waals surface area contributed by atoms with E-state index in [2.05, 4.69) is 25.3 Å². The molecule has 0 aliphatic rings. The molecule has 1 N–H and O–H groups in total. The van der Waals surface area contributed by atoms with E-state index in [4.69, 9.17) is 4.42 Å². The predicted molar refractivity (Wildman–Crippen MR) is 82.4 cm³/mol. The van der Waals surface area contributed by atoms with Gasteiger partial charge >= 0.3 is 6.18 Å². The molecule has 136 valence electrons. The second-order valence-electron chi connectivity index (χ2n) is 5.13. The number of aromatic nitrogens is 4. The first-order valence-corrected chi connectivity index (χ1v) is 7.24. The summed E-state index contributed by atoms with van der Waals surface area (Å²) in [5.41, 5.74) is 0.430. The lowest BCUT2D eigenvalue weighted by atomic mass is 10.3. The van der Waals surface area contributed by atoms with Crippen molar-refractivity contribution in [2.75, 3.05) is 11.9 Å². The molecule has 0 aliphatic heterocycles. The number of hydrogen-bond donors (Lipinski definition) is 1. The van der Waals surface area contributed by atoms with E-state index in [1.165, 1.54) is 17.0 Å². The van der Waals surface area contributed by atoms with Crippen molar-refractivity contribution in [3.05, 3.63) is 42.3 Å². The van der Waals surface area contributed by atoms with Crippen LogP contribution in [0.1, 0.15) is 10.5 Å². The molecule has 11 heteroatoms. The normalized spacial score (nSPS) is 11.4. The Labute approximate surface area is 144 Å². The van der Waals surface area contributed by atoms with Crippen molar-refractivity contribution < 1.29 is 27.1 Å². The molecule has 1 amide bonds. The Balaban J connectivity index is 1.67. The number of nitrogens with zero attached hydrogens (tertiary/aromatic N) is 4. The van der Waals surface area contributed by atoms with E-state index in [-0.39, 0.29) is 11.6 Å². The Hall–Kier alpha value is -3.37. The Morgan fingerprint density at radius 3 is 2.73 bits per heavy atom. The fourth-order valence-electron chi connectivity index (χ4n) is 1.98. The van der Waals surface area contributed by atoms with Gasteiger partial charge in [0.15, 0.2) is 18.1 Å². The molecule has 3 heterocycles. The summed E-state index contributed by atoms with van der Waals surface area (Å²) in [4.78, 5) is 12.2.